The van der Waals surface area contributed by atoms with E-state index >= 15 is 0 Å². The minimum Gasteiger partial charge on any atom is -0.423 e. The van der Waals surface area contributed by atoms with Gasteiger partial charge in [-0.1, -0.05) is 30.3 Å². The molecular weight excluding hydrogens is 493 g/mol. The monoisotopic (exact) mass is 513 g/mol. The fraction of sp³-hybridized carbons (Fsp3) is 0. The molecule has 1 aromatic heterocycles. The molecule has 184 valence electrons. The number of esters is 1. The summed E-state index contributed by atoms with van der Waals surface area (Å²) in [6.45, 7) is 0. The van der Waals surface area contributed by atoms with Crippen LogP contribution in [0.2, 0.25) is 0 Å². The summed E-state index contributed by atoms with van der Waals surface area (Å²) in [7, 11) is 0. The van der Waals surface area contributed by atoms with Crippen LogP contribution < -0.4 is 15.5 Å². The average Bonchev–Trinajstić information content (AvgIpc) is 3.43. The Balaban J connectivity index is 1.38. The van der Waals surface area contributed by atoms with Crippen molar-refractivity contribution in [1.82, 2.24) is 10.7 Å². The predicted octanol–water partition coefficient (Wildman–Crippen LogP) is 5.03. The standard InChI is InChI=1S/C28H20FN3O4S/c29-22-9-4-8-21(16-22)28(35)36-23-13-11-19(12-14-23)18-30-32-27(34)25(17-24-10-5-15-37-24)31-26(33)20-6-2-1-3-7-20/h1-18H,(H,31,33)(H,32,34)/b25-17+,30-18+. The summed E-state index contributed by atoms with van der Waals surface area (Å²) in [5, 5.41) is 8.45. The van der Waals surface area contributed by atoms with Crippen LogP contribution in [0.3, 0.4) is 0 Å². The second-order valence-corrected chi connectivity index (χ2v) is 8.54. The van der Waals surface area contributed by atoms with Crippen LogP contribution in [0.1, 0.15) is 31.2 Å². The predicted molar refractivity (Wildman–Crippen MR) is 140 cm³/mol. The van der Waals surface area contributed by atoms with Crippen molar-refractivity contribution in [2.45, 2.75) is 0 Å². The third-order valence-corrected chi connectivity index (χ3v) is 5.71. The fourth-order valence-electron chi connectivity index (χ4n) is 3.09. The SMILES string of the molecule is O=C(N/N=C/c1ccc(OC(=O)c2cccc(F)c2)cc1)/C(=C\c1cccs1)NC(=O)c1ccccc1. The lowest BCUT2D eigenvalue weighted by Gasteiger charge is -2.08. The first-order valence-corrected chi connectivity index (χ1v) is 11.9. The molecule has 7 nitrogen and oxygen atoms in total. The number of rotatable bonds is 8. The molecule has 0 aliphatic rings. The molecule has 0 aliphatic carbocycles. The number of hydrogen-bond acceptors (Lipinski definition) is 6. The molecule has 0 atom stereocenters. The van der Waals surface area contributed by atoms with E-state index in [1.807, 2.05) is 17.5 Å². The number of benzene rings is 3. The number of carbonyl (C=O) groups excluding carboxylic acids is 3. The molecule has 4 aromatic rings. The molecule has 3 aromatic carbocycles. The van der Waals surface area contributed by atoms with E-state index in [4.69, 9.17) is 4.74 Å². The van der Waals surface area contributed by atoms with Crippen molar-refractivity contribution in [1.29, 1.82) is 0 Å². The maximum absolute atomic E-state index is 13.3. The number of hydrazone groups is 1. The van der Waals surface area contributed by atoms with Crippen molar-refractivity contribution < 1.29 is 23.5 Å². The third kappa shape index (κ3) is 7.30. The van der Waals surface area contributed by atoms with Gasteiger partial charge < -0.3 is 10.1 Å². The van der Waals surface area contributed by atoms with Gasteiger partial charge in [-0.25, -0.2) is 14.6 Å². The molecule has 0 saturated heterocycles. The average molecular weight is 514 g/mol. The molecule has 37 heavy (non-hydrogen) atoms. The van der Waals surface area contributed by atoms with Gasteiger partial charge in [-0.2, -0.15) is 5.10 Å². The Morgan fingerprint density at radius 3 is 2.32 bits per heavy atom. The number of nitrogens with one attached hydrogen (secondary N) is 2. The normalized spacial score (nSPS) is 11.2. The molecule has 0 unspecified atom stereocenters. The summed E-state index contributed by atoms with van der Waals surface area (Å²) in [5.41, 5.74) is 3.56. The number of carbonyl (C=O) groups is 3. The Kier molecular flexibility index (Phi) is 8.30. The van der Waals surface area contributed by atoms with E-state index < -0.39 is 23.6 Å². The first kappa shape index (κ1) is 25.2. The smallest absolute Gasteiger partial charge is 0.343 e. The van der Waals surface area contributed by atoms with E-state index in [-0.39, 0.29) is 17.0 Å². The van der Waals surface area contributed by atoms with Crippen LogP contribution in [0.15, 0.2) is 107 Å². The van der Waals surface area contributed by atoms with Gasteiger partial charge in [-0.3, -0.25) is 9.59 Å². The summed E-state index contributed by atoms with van der Waals surface area (Å²) >= 11 is 1.42. The van der Waals surface area contributed by atoms with E-state index in [0.717, 1.165) is 10.9 Å². The summed E-state index contributed by atoms with van der Waals surface area (Å²) in [4.78, 5) is 38.3. The first-order chi connectivity index (χ1) is 18.0. The summed E-state index contributed by atoms with van der Waals surface area (Å²) in [6, 6.07) is 23.8. The number of amides is 2. The molecule has 4 rings (SSSR count). The zero-order valence-corrected chi connectivity index (χ0v) is 20.1. The zero-order valence-electron chi connectivity index (χ0n) is 19.3. The molecule has 2 N–H and O–H groups in total. The van der Waals surface area contributed by atoms with Gasteiger partial charge in [0.15, 0.2) is 0 Å². The number of thiophene rings is 1. The quantitative estimate of drug-likeness (QED) is 0.114. The van der Waals surface area contributed by atoms with Gasteiger partial charge in [0.05, 0.1) is 11.8 Å². The van der Waals surface area contributed by atoms with Gasteiger partial charge in [0.25, 0.3) is 11.8 Å². The molecule has 0 saturated carbocycles. The molecule has 9 heteroatoms. The van der Waals surface area contributed by atoms with Gasteiger partial charge in [0.1, 0.15) is 17.3 Å². The van der Waals surface area contributed by atoms with Crippen molar-refractivity contribution in [3.8, 4) is 5.75 Å². The molecular formula is C28H20FN3O4S. The van der Waals surface area contributed by atoms with Crippen molar-refractivity contribution in [2.24, 2.45) is 5.10 Å². The van der Waals surface area contributed by atoms with Crippen molar-refractivity contribution in [2.75, 3.05) is 0 Å². The van der Waals surface area contributed by atoms with Gasteiger partial charge in [0, 0.05) is 10.4 Å². The Morgan fingerprint density at radius 1 is 0.865 bits per heavy atom. The number of halogens is 1. The van der Waals surface area contributed by atoms with Crippen LogP contribution in [-0.4, -0.2) is 24.0 Å². The Labute approximate surface area is 215 Å². The van der Waals surface area contributed by atoms with E-state index in [9.17, 15) is 18.8 Å². The minimum atomic E-state index is -0.684. The molecule has 2 amide bonds. The van der Waals surface area contributed by atoms with E-state index in [2.05, 4.69) is 15.8 Å². The highest BCUT2D eigenvalue weighted by molar-refractivity contribution is 7.10. The van der Waals surface area contributed by atoms with Crippen LogP contribution in [0, 0.1) is 5.82 Å². The highest BCUT2D eigenvalue weighted by Crippen LogP contribution is 2.15. The van der Waals surface area contributed by atoms with Crippen LogP contribution in [0.25, 0.3) is 6.08 Å². The van der Waals surface area contributed by atoms with Gasteiger partial charge in [0.2, 0.25) is 0 Å². The molecule has 0 aliphatic heterocycles. The maximum Gasteiger partial charge on any atom is 0.343 e. The number of hydrogen-bond donors (Lipinski definition) is 2. The summed E-state index contributed by atoms with van der Waals surface area (Å²) in [6.07, 6.45) is 2.97. The summed E-state index contributed by atoms with van der Waals surface area (Å²) < 4.78 is 18.5. The lowest BCUT2D eigenvalue weighted by Crippen LogP contribution is -2.32. The van der Waals surface area contributed by atoms with E-state index in [1.54, 1.807) is 60.7 Å². The lowest BCUT2D eigenvalue weighted by molar-refractivity contribution is -0.117. The third-order valence-electron chi connectivity index (χ3n) is 4.89. The molecule has 0 radical (unpaired) electrons. The van der Waals surface area contributed by atoms with Crippen LogP contribution in [-0.2, 0) is 4.79 Å². The zero-order chi connectivity index (χ0) is 26.0. The number of nitrogens with zero attached hydrogens (tertiary/aromatic N) is 1. The van der Waals surface area contributed by atoms with Gasteiger partial charge in [-0.05, 0) is 77.7 Å². The van der Waals surface area contributed by atoms with Gasteiger partial charge in [-0.15, -0.1) is 11.3 Å². The van der Waals surface area contributed by atoms with Crippen molar-refractivity contribution in [3.63, 3.8) is 0 Å². The fourth-order valence-corrected chi connectivity index (χ4v) is 3.74. The van der Waals surface area contributed by atoms with E-state index in [1.165, 1.54) is 35.8 Å². The number of ether oxygens (including phenoxy) is 1. The molecule has 0 spiro atoms. The Morgan fingerprint density at radius 2 is 1.62 bits per heavy atom. The maximum atomic E-state index is 13.3. The Hall–Kier alpha value is -4.89. The topological polar surface area (TPSA) is 96.9 Å². The molecule has 0 fully saturated rings. The second-order valence-electron chi connectivity index (χ2n) is 7.56. The van der Waals surface area contributed by atoms with Crippen LogP contribution >= 0.6 is 11.3 Å². The van der Waals surface area contributed by atoms with E-state index in [0.29, 0.717) is 11.1 Å². The van der Waals surface area contributed by atoms with Crippen LogP contribution in [0.4, 0.5) is 4.39 Å². The summed E-state index contributed by atoms with van der Waals surface area (Å²) in [5.74, 6) is -1.98. The van der Waals surface area contributed by atoms with Gasteiger partial charge >= 0.3 is 5.97 Å². The largest absolute Gasteiger partial charge is 0.423 e. The lowest BCUT2D eigenvalue weighted by atomic mass is 10.2. The second kappa shape index (κ2) is 12.2. The highest BCUT2D eigenvalue weighted by Gasteiger charge is 2.14. The minimum absolute atomic E-state index is 0.0352. The molecule has 0 bridgehead atoms. The van der Waals surface area contributed by atoms with Crippen molar-refractivity contribution >= 4 is 41.4 Å². The van der Waals surface area contributed by atoms with Crippen molar-refractivity contribution in [3.05, 3.63) is 129 Å². The first-order valence-electron chi connectivity index (χ1n) is 11.0. The Bertz CT molecular complexity index is 1450. The molecule has 1 heterocycles. The highest BCUT2D eigenvalue weighted by atomic mass is 32.1. The van der Waals surface area contributed by atoms with Crippen LogP contribution in [0.5, 0.6) is 5.75 Å².